The summed E-state index contributed by atoms with van der Waals surface area (Å²) >= 11 is 0. The van der Waals surface area contributed by atoms with Crippen molar-refractivity contribution in [3.8, 4) is 0 Å². The Morgan fingerprint density at radius 3 is 2.37 bits per heavy atom. The monoisotopic (exact) mass is 265 g/mol. The Hall–Kier alpha value is -1.44. The summed E-state index contributed by atoms with van der Waals surface area (Å²) in [5.74, 6) is 1.78. The minimum atomic E-state index is 0.758. The first-order valence-electron chi connectivity index (χ1n) is 6.66. The van der Waals surface area contributed by atoms with Gasteiger partial charge in [0.05, 0.1) is 26.4 Å². The summed E-state index contributed by atoms with van der Waals surface area (Å²) in [6.07, 6.45) is 1.60. The smallest absolute Gasteiger partial charge is 0.145 e. The van der Waals surface area contributed by atoms with E-state index in [9.17, 15) is 0 Å². The summed E-state index contributed by atoms with van der Waals surface area (Å²) in [6, 6.07) is 1.99. The molecular formula is C12H19N5O2. The van der Waals surface area contributed by atoms with Crippen LogP contribution in [0.2, 0.25) is 0 Å². The van der Waals surface area contributed by atoms with E-state index in [2.05, 4.69) is 25.3 Å². The lowest BCUT2D eigenvalue weighted by Gasteiger charge is -2.29. The Morgan fingerprint density at radius 1 is 0.947 bits per heavy atom. The zero-order chi connectivity index (χ0) is 12.9. The summed E-state index contributed by atoms with van der Waals surface area (Å²) in [5.41, 5.74) is 3.30. The standard InChI is InChI=1S/C12H19N5O2/c1-5-18-6-2-16(1)12-9-11(13-10-14-12)15-17-3-7-19-8-4-17/h9-10H,1-8H2,(H,13,14,15). The molecule has 1 aromatic heterocycles. The fourth-order valence-electron chi connectivity index (χ4n) is 2.21. The van der Waals surface area contributed by atoms with E-state index in [-0.39, 0.29) is 0 Å². The second-order valence-electron chi connectivity index (χ2n) is 4.57. The zero-order valence-corrected chi connectivity index (χ0v) is 10.9. The van der Waals surface area contributed by atoms with Crippen LogP contribution in [0.1, 0.15) is 0 Å². The van der Waals surface area contributed by atoms with Gasteiger partial charge in [0.2, 0.25) is 0 Å². The number of rotatable bonds is 3. The number of nitrogens with zero attached hydrogens (tertiary/aromatic N) is 4. The van der Waals surface area contributed by atoms with Gasteiger partial charge >= 0.3 is 0 Å². The fourth-order valence-corrected chi connectivity index (χ4v) is 2.21. The van der Waals surface area contributed by atoms with Crippen molar-refractivity contribution in [2.45, 2.75) is 0 Å². The minimum absolute atomic E-state index is 0.758. The lowest BCUT2D eigenvalue weighted by Crippen LogP contribution is -2.40. The highest BCUT2D eigenvalue weighted by atomic mass is 16.5. The van der Waals surface area contributed by atoms with Gasteiger partial charge in [-0.05, 0) is 0 Å². The van der Waals surface area contributed by atoms with Crippen molar-refractivity contribution in [2.75, 3.05) is 62.9 Å². The molecule has 2 aliphatic heterocycles. The molecular weight excluding hydrogens is 246 g/mol. The number of hydrogen-bond acceptors (Lipinski definition) is 7. The predicted molar refractivity (Wildman–Crippen MR) is 71.1 cm³/mol. The van der Waals surface area contributed by atoms with Gasteiger partial charge in [0.25, 0.3) is 0 Å². The molecule has 1 aromatic rings. The maximum absolute atomic E-state index is 5.35. The molecule has 7 nitrogen and oxygen atoms in total. The van der Waals surface area contributed by atoms with Crippen molar-refractivity contribution in [3.05, 3.63) is 12.4 Å². The molecule has 0 unspecified atom stereocenters. The van der Waals surface area contributed by atoms with Crippen LogP contribution >= 0.6 is 0 Å². The lowest BCUT2D eigenvalue weighted by atomic mass is 10.4. The van der Waals surface area contributed by atoms with Gasteiger partial charge in [-0.3, -0.25) is 0 Å². The minimum Gasteiger partial charge on any atom is -0.379 e. The molecule has 19 heavy (non-hydrogen) atoms. The third-order valence-corrected chi connectivity index (χ3v) is 3.27. The molecule has 0 aliphatic carbocycles. The van der Waals surface area contributed by atoms with Crippen LogP contribution in [-0.4, -0.2) is 67.6 Å². The van der Waals surface area contributed by atoms with Crippen LogP contribution in [0, 0.1) is 0 Å². The molecule has 2 saturated heterocycles. The highest BCUT2D eigenvalue weighted by molar-refractivity contribution is 5.48. The average molecular weight is 265 g/mol. The van der Waals surface area contributed by atoms with Crippen molar-refractivity contribution >= 4 is 11.6 Å². The van der Waals surface area contributed by atoms with Gasteiger partial charge in [-0.1, -0.05) is 0 Å². The molecule has 104 valence electrons. The summed E-state index contributed by atoms with van der Waals surface area (Å²) < 4.78 is 10.7. The number of aromatic nitrogens is 2. The maximum Gasteiger partial charge on any atom is 0.145 e. The second kappa shape index (κ2) is 6.14. The van der Waals surface area contributed by atoms with E-state index < -0.39 is 0 Å². The third kappa shape index (κ3) is 3.31. The molecule has 7 heteroatoms. The zero-order valence-electron chi connectivity index (χ0n) is 10.9. The molecule has 2 fully saturated rings. The fraction of sp³-hybridized carbons (Fsp3) is 0.667. The lowest BCUT2D eigenvalue weighted by molar-refractivity contribution is 0.0495. The Bertz CT molecular complexity index is 405. The van der Waals surface area contributed by atoms with Crippen molar-refractivity contribution in [1.29, 1.82) is 0 Å². The van der Waals surface area contributed by atoms with Crippen LogP contribution in [-0.2, 0) is 9.47 Å². The van der Waals surface area contributed by atoms with E-state index >= 15 is 0 Å². The quantitative estimate of drug-likeness (QED) is 0.823. The molecule has 0 spiro atoms. The van der Waals surface area contributed by atoms with Gasteiger partial charge in [-0.25, -0.2) is 15.0 Å². The maximum atomic E-state index is 5.35. The van der Waals surface area contributed by atoms with Gasteiger partial charge in [0, 0.05) is 32.2 Å². The van der Waals surface area contributed by atoms with Gasteiger partial charge in [-0.2, -0.15) is 0 Å². The predicted octanol–water partition coefficient (Wildman–Crippen LogP) is -0.0277. The molecule has 0 bridgehead atoms. The van der Waals surface area contributed by atoms with E-state index in [4.69, 9.17) is 9.47 Å². The van der Waals surface area contributed by atoms with Crippen LogP contribution in [0.3, 0.4) is 0 Å². The first-order valence-corrected chi connectivity index (χ1v) is 6.66. The van der Waals surface area contributed by atoms with E-state index in [1.54, 1.807) is 6.33 Å². The van der Waals surface area contributed by atoms with E-state index in [1.165, 1.54) is 0 Å². The molecule has 0 atom stereocenters. The molecule has 3 rings (SSSR count). The molecule has 0 saturated carbocycles. The first-order chi connectivity index (χ1) is 9.42. The molecule has 1 N–H and O–H groups in total. The summed E-state index contributed by atoms with van der Waals surface area (Å²) in [7, 11) is 0. The molecule has 3 heterocycles. The normalized spacial score (nSPS) is 21.4. The molecule has 0 aromatic carbocycles. The Morgan fingerprint density at radius 2 is 1.63 bits per heavy atom. The van der Waals surface area contributed by atoms with Gasteiger partial charge in [-0.15, -0.1) is 0 Å². The Labute approximate surface area is 112 Å². The average Bonchev–Trinajstić information content (AvgIpc) is 2.49. The second-order valence-corrected chi connectivity index (χ2v) is 4.57. The number of hydrazine groups is 1. The number of nitrogens with one attached hydrogen (secondary N) is 1. The van der Waals surface area contributed by atoms with Crippen molar-refractivity contribution < 1.29 is 9.47 Å². The van der Waals surface area contributed by atoms with Crippen molar-refractivity contribution in [3.63, 3.8) is 0 Å². The van der Waals surface area contributed by atoms with Crippen molar-refractivity contribution in [1.82, 2.24) is 15.0 Å². The van der Waals surface area contributed by atoms with Crippen LogP contribution in [0.5, 0.6) is 0 Å². The number of hydrogen-bond donors (Lipinski definition) is 1. The number of morpholine rings is 2. The highest BCUT2D eigenvalue weighted by Gasteiger charge is 2.14. The number of ether oxygens (including phenoxy) is 2. The first kappa shape index (κ1) is 12.6. The Kier molecular flexibility index (Phi) is 4.07. The Balaban J connectivity index is 1.64. The highest BCUT2D eigenvalue weighted by Crippen LogP contribution is 2.16. The summed E-state index contributed by atoms with van der Waals surface area (Å²) in [5, 5.41) is 2.12. The number of anilines is 2. The SMILES string of the molecule is c1nc(NN2CCOCC2)cc(N2CCOCC2)n1. The molecule has 2 aliphatic rings. The topological polar surface area (TPSA) is 62.8 Å². The third-order valence-electron chi connectivity index (χ3n) is 3.27. The largest absolute Gasteiger partial charge is 0.379 e. The summed E-state index contributed by atoms with van der Waals surface area (Å²) in [6.45, 7) is 6.55. The summed E-state index contributed by atoms with van der Waals surface area (Å²) in [4.78, 5) is 10.8. The van der Waals surface area contributed by atoms with Gasteiger partial charge in [0.1, 0.15) is 18.0 Å². The van der Waals surface area contributed by atoms with Crippen LogP contribution in [0.25, 0.3) is 0 Å². The van der Waals surface area contributed by atoms with E-state index in [1.807, 2.05) is 6.07 Å². The van der Waals surface area contributed by atoms with Crippen LogP contribution < -0.4 is 10.3 Å². The van der Waals surface area contributed by atoms with E-state index in [0.717, 1.165) is 64.2 Å². The molecule has 0 amide bonds. The van der Waals surface area contributed by atoms with Crippen LogP contribution in [0.4, 0.5) is 11.6 Å². The molecule has 0 radical (unpaired) electrons. The van der Waals surface area contributed by atoms with Crippen LogP contribution in [0.15, 0.2) is 12.4 Å². The van der Waals surface area contributed by atoms with E-state index in [0.29, 0.717) is 0 Å². The van der Waals surface area contributed by atoms with Gasteiger partial charge < -0.3 is 19.8 Å². The van der Waals surface area contributed by atoms with Gasteiger partial charge in [0.15, 0.2) is 0 Å². The van der Waals surface area contributed by atoms with Crippen molar-refractivity contribution in [2.24, 2.45) is 0 Å².